The van der Waals surface area contributed by atoms with Gasteiger partial charge in [0.1, 0.15) is 11.6 Å². The zero-order chi connectivity index (χ0) is 23.1. The highest BCUT2D eigenvalue weighted by molar-refractivity contribution is 7.89. The van der Waals surface area contributed by atoms with Gasteiger partial charge in [-0.05, 0) is 30.5 Å². The van der Waals surface area contributed by atoms with E-state index < -0.39 is 38.4 Å². The molecule has 2 fully saturated rings. The zero-order valence-corrected chi connectivity index (χ0v) is 17.8. The number of non-ortho nitro benzene ring substituents is 1. The molecule has 1 heterocycles. The molecule has 1 atom stereocenters. The van der Waals surface area contributed by atoms with Gasteiger partial charge in [0, 0.05) is 31.6 Å². The summed E-state index contributed by atoms with van der Waals surface area (Å²) < 4.78 is 27.6. The van der Waals surface area contributed by atoms with Gasteiger partial charge in [0.15, 0.2) is 0 Å². The van der Waals surface area contributed by atoms with Crippen molar-refractivity contribution in [2.45, 2.75) is 35.7 Å². The van der Waals surface area contributed by atoms with Crippen molar-refractivity contribution in [1.29, 1.82) is 0 Å². The van der Waals surface area contributed by atoms with Gasteiger partial charge in [-0.2, -0.15) is 4.31 Å². The van der Waals surface area contributed by atoms with Gasteiger partial charge in [-0.25, -0.2) is 13.2 Å². The van der Waals surface area contributed by atoms with Gasteiger partial charge < -0.3 is 10.0 Å². The first kappa shape index (κ1) is 21.9. The van der Waals surface area contributed by atoms with Crippen LogP contribution >= 0.6 is 0 Å². The number of hydrogen-bond donors (Lipinski definition) is 1. The molecule has 11 heteroatoms. The number of aliphatic carboxylic acids is 1. The number of nitro groups is 1. The summed E-state index contributed by atoms with van der Waals surface area (Å²) in [4.78, 5) is 36.7. The van der Waals surface area contributed by atoms with Crippen LogP contribution in [0.4, 0.5) is 5.69 Å². The zero-order valence-electron chi connectivity index (χ0n) is 17.0. The molecule has 0 radical (unpaired) electrons. The lowest BCUT2D eigenvalue weighted by Gasteiger charge is -2.42. The summed E-state index contributed by atoms with van der Waals surface area (Å²) in [6, 6.07) is 12.3. The summed E-state index contributed by atoms with van der Waals surface area (Å²) in [7, 11) is -4.10. The molecule has 32 heavy (non-hydrogen) atoms. The van der Waals surface area contributed by atoms with Crippen LogP contribution in [0.2, 0.25) is 0 Å². The largest absolute Gasteiger partial charge is 0.480 e. The summed E-state index contributed by atoms with van der Waals surface area (Å²) in [6.07, 6.45) is 0.714. The third-order valence-electron chi connectivity index (χ3n) is 5.97. The van der Waals surface area contributed by atoms with Crippen LogP contribution < -0.4 is 0 Å². The lowest BCUT2D eigenvalue weighted by Crippen LogP contribution is -2.64. The van der Waals surface area contributed by atoms with Gasteiger partial charge in [-0.3, -0.25) is 14.9 Å². The van der Waals surface area contributed by atoms with Gasteiger partial charge >= 0.3 is 5.97 Å². The number of carbonyl (C=O) groups excluding carboxylic acids is 1. The Morgan fingerprint density at radius 2 is 1.72 bits per heavy atom. The van der Waals surface area contributed by atoms with E-state index in [0.29, 0.717) is 12.8 Å². The Hall–Kier alpha value is -3.31. The Bertz CT molecular complexity index is 1160. The normalized spacial score (nSPS) is 19.0. The number of sulfonamides is 1. The molecule has 2 aliphatic rings. The molecule has 0 aromatic heterocycles. The predicted octanol–water partition coefficient (Wildman–Crippen LogP) is 1.66. The first-order chi connectivity index (χ1) is 15.2. The van der Waals surface area contributed by atoms with Crippen molar-refractivity contribution >= 4 is 27.6 Å². The molecule has 2 aromatic rings. The molecule has 1 amide bonds. The number of nitro benzene ring substituents is 1. The lowest BCUT2D eigenvalue weighted by molar-refractivity contribution is -0.384. The van der Waals surface area contributed by atoms with Crippen LogP contribution in [0.15, 0.2) is 59.5 Å². The highest BCUT2D eigenvalue weighted by atomic mass is 32.2. The van der Waals surface area contributed by atoms with E-state index in [1.54, 1.807) is 24.3 Å². The summed E-state index contributed by atoms with van der Waals surface area (Å²) in [5.41, 5.74) is -0.779. The first-order valence-electron chi connectivity index (χ1n) is 10.0. The number of nitrogens with zero attached hydrogens (tertiary/aromatic N) is 3. The molecule has 2 aromatic carbocycles. The third kappa shape index (κ3) is 3.73. The van der Waals surface area contributed by atoms with E-state index in [4.69, 9.17) is 0 Å². The lowest BCUT2D eigenvalue weighted by atomic mass is 10.0. The Kier molecular flexibility index (Phi) is 5.47. The molecule has 4 rings (SSSR count). The molecule has 0 bridgehead atoms. The van der Waals surface area contributed by atoms with Crippen molar-refractivity contribution in [3.63, 3.8) is 0 Å². The highest BCUT2D eigenvalue weighted by Gasteiger charge is 2.63. The second-order valence-electron chi connectivity index (χ2n) is 7.90. The number of amides is 1. The Balaban J connectivity index is 1.60. The third-order valence-corrected chi connectivity index (χ3v) is 7.95. The van der Waals surface area contributed by atoms with E-state index in [9.17, 15) is 33.2 Å². The minimum atomic E-state index is -4.10. The molecular weight excluding hydrogens is 438 g/mol. The second kappa shape index (κ2) is 7.99. The molecule has 1 aliphatic carbocycles. The summed E-state index contributed by atoms with van der Waals surface area (Å²) in [5.74, 6) is -1.66. The minimum Gasteiger partial charge on any atom is -0.480 e. The summed E-state index contributed by atoms with van der Waals surface area (Å²) in [6.45, 7) is -0.111. The van der Waals surface area contributed by atoms with Gasteiger partial charge in [0.25, 0.3) is 5.69 Å². The van der Waals surface area contributed by atoms with Crippen LogP contribution in [-0.4, -0.2) is 64.2 Å². The molecule has 168 valence electrons. The second-order valence-corrected chi connectivity index (χ2v) is 9.76. The van der Waals surface area contributed by atoms with Crippen LogP contribution in [0.5, 0.6) is 0 Å². The van der Waals surface area contributed by atoms with Gasteiger partial charge in [-0.15, -0.1) is 0 Å². The fourth-order valence-corrected chi connectivity index (χ4v) is 5.93. The molecule has 1 N–H and O–H groups in total. The molecule has 1 aliphatic heterocycles. The fourth-order valence-electron chi connectivity index (χ4n) is 4.15. The van der Waals surface area contributed by atoms with Gasteiger partial charge in [-0.1, -0.05) is 30.3 Å². The van der Waals surface area contributed by atoms with Crippen molar-refractivity contribution in [2.24, 2.45) is 0 Å². The molecule has 0 unspecified atom stereocenters. The van der Waals surface area contributed by atoms with E-state index in [2.05, 4.69) is 0 Å². The van der Waals surface area contributed by atoms with Crippen LogP contribution in [0.1, 0.15) is 18.4 Å². The number of rotatable bonds is 7. The molecule has 1 saturated carbocycles. The maximum atomic E-state index is 13.3. The number of carboxylic acid groups (broad SMARTS) is 1. The average molecular weight is 459 g/mol. The van der Waals surface area contributed by atoms with E-state index >= 15 is 0 Å². The van der Waals surface area contributed by atoms with Crippen molar-refractivity contribution < 1.29 is 28.0 Å². The van der Waals surface area contributed by atoms with E-state index in [1.165, 1.54) is 4.90 Å². The van der Waals surface area contributed by atoms with Crippen LogP contribution in [-0.2, 0) is 26.0 Å². The summed E-state index contributed by atoms with van der Waals surface area (Å²) >= 11 is 0. The number of carbonyl (C=O) groups is 2. The number of hydrogen-bond acceptors (Lipinski definition) is 6. The topological polar surface area (TPSA) is 138 Å². The minimum absolute atomic E-state index is 0.0520. The Morgan fingerprint density at radius 1 is 1.09 bits per heavy atom. The molecular formula is C21H21N3O7S. The standard InChI is InChI=1S/C21H21N3O7S/c25-19(26)18(14-15-4-2-1-3-5-15)22-12-13-23(21(10-11-21)20(22)27)32(30,31)17-8-6-16(7-9-17)24(28)29/h1-9,18H,10-14H2,(H,25,26)/t18-/m0/s1. The van der Waals surface area contributed by atoms with E-state index in [0.717, 1.165) is 34.1 Å². The van der Waals surface area contributed by atoms with E-state index in [1.807, 2.05) is 6.07 Å². The quantitative estimate of drug-likeness (QED) is 0.491. The maximum Gasteiger partial charge on any atom is 0.326 e. The fraction of sp³-hybridized carbons (Fsp3) is 0.333. The van der Waals surface area contributed by atoms with Crippen LogP contribution in [0.3, 0.4) is 0 Å². The monoisotopic (exact) mass is 459 g/mol. The number of benzene rings is 2. The number of carboxylic acids is 1. The van der Waals surface area contributed by atoms with Crippen molar-refractivity contribution in [1.82, 2.24) is 9.21 Å². The van der Waals surface area contributed by atoms with Crippen LogP contribution in [0, 0.1) is 10.1 Å². The van der Waals surface area contributed by atoms with Crippen molar-refractivity contribution in [2.75, 3.05) is 13.1 Å². The molecule has 1 spiro atoms. The average Bonchev–Trinajstić information content (AvgIpc) is 3.56. The van der Waals surface area contributed by atoms with Crippen molar-refractivity contribution in [3.8, 4) is 0 Å². The summed E-state index contributed by atoms with van der Waals surface area (Å²) in [5, 5.41) is 20.6. The molecule has 1 saturated heterocycles. The smallest absolute Gasteiger partial charge is 0.326 e. The van der Waals surface area contributed by atoms with Gasteiger partial charge in [0.2, 0.25) is 15.9 Å². The van der Waals surface area contributed by atoms with Gasteiger partial charge in [0.05, 0.1) is 9.82 Å². The SMILES string of the molecule is O=C(O)[C@H](Cc1ccccc1)N1CCN(S(=O)(=O)c2ccc([N+](=O)[O-])cc2)C2(CC2)C1=O. The first-order valence-corrected chi connectivity index (χ1v) is 11.5. The van der Waals surface area contributed by atoms with Crippen molar-refractivity contribution in [3.05, 3.63) is 70.3 Å². The van der Waals surface area contributed by atoms with Crippen LogP contribution in [0.25, 0.3) is 0 Å². The Labute approximate surface area is 184 Å². The Morgan fingerprint density at radius 3 is 2.25 bits per heavy atom. The molecule has 10 nitrogen and oxygen atoms in total. The predicted molar refractivity (Wildman–Crippen MR) is 112 cm³/mol. The highest BCUT2D eigenvalue weighted by Crippen LogP contribution is 2.48. The maximum absolute atomic E-state index is 13.3. The number of piperazine rings is 1. The van der Waals surface area contributed by atoms with E-state index in [-0.39, 0.29) is 30.1 Å².